The third-order valence-corrected chi connectivity index (χ3v) is 4.72. The number of pyridine rings is 1. The van der Waals surface area contributed by atoms with Gasteiger partial charge < -0.3 is 4.90 Å². The summed E-state index contributed by atoms with van der Waals surface area (Å²) >= 11 is 0. The van der Waals surface area contributed by atoms with E-state index in [4.69, 9.17) is 0 Å². The van der Waals surface area contributed by atoms with Crippen LogP contribution in [0.25, 0.3) is 0 Å². The minimum absolute atomic E-state index is 0.0440. The first-order chi connectivity index (χ1) is 11.7. The Morgan fingerprint density at radius 3 is 2.46 bits per heavy atom. The summed E-state index contributed by atoms with van der Waals surface area (Å²) in [7, 11) is 1.89. The standard InChI is InChI=1S/C20H19N3O/c1-22-18(17-10-11-17)14-23(20(22)24)19-12-9-16(13-21-19)8-7-15-5-3-2-4-6-15/h2-6,9,12-13,17-18H,10-11,14H2,1H3/t18-/m1/s1. The average Bonchev–Trinajstić information content (AvgIpc) is 3.42. The van der Waals surface area contributed by atoms with Crippen molar-refractivity contribution in [3.63, 3.8) is 0 Å². The number of amides is 2. The maximum atomic E-state index is 12.4. The Morgan fingerprint density at radius 1 is 1.04 bits per heavy atom. The lowest BCUT2D eigenvalue weighted by Gasteiger charge is -2.16. The zero-order chi connectivity index (χ0) is 16.5. The van der Waals surface area contributed by atoms with E-state index in [0.717, 1.165) is 17.7 Å². The molecular weight excluding hydrogens is 298 g/mol. The van der Waals surface area contributed by atoms with Crippen LogP contribution in [0.5, 0.6) is 0 Å². The highest BCUT2D eigenvalue weighted by molar-refractivity contribution is 5.93. The highest BCUT2D eigenvalue weighted by Gasteiger charge is 2.44. The van der Waals surface area contributed by atoms with Gasteiger partial charge in [0.2, 0.25) is 0 Å². The molecule has 0 radical (unpaired) electrons. The van der Waals surface area contributed by atoms with Crippen molar-refractivity contribution in [2.24, 2.45) is 5.92 Å². The number of aromatic nitrogens is 1. The summed E-state index contributed by atoms with van der Waals surface area (Å²) in [5.41, 5.74) is 1.83. The Labute approximate surface area is 142 Å². The van der Waals surface area contributed by atoms with Crippen LogP contribution in [0.1, 0.15) is 24.0 Å². The monoisotopic (exact) mass is 317 g/mol. The maximum Gasteiger partial charge on any atom is 0.325 e. The van der Waals surface area contributed by atoms with E-state index >= 15 is 0 Å². The van der Waals surface area contributed by atoms with Crippen molar-refractivity contribution in [3.8, 4) is 11.8 Å². The molecule has 1 aromatic heterocycles. The number of benzene rings is 1. The second kappa shape index (κ2) is 6.01. The van der Waals surface area contributed by atoms with E-state index in [1.165, 1.54) is 12.8 Å². The Morgan fingerprint density at radius 2 is 1.79 bits per heavy atom. The van der Waals surface area contributed by atoms with Gasteiger partial charge in [0, 0.05) is 30.9 Å². The number of hydrogen-bond acceptors (Lipinski definition) is 2. The molecule has 2 heterocycles. The summed E-state index contributed by atoms with van der Waals surface area (Å²) in [4.78, 5) is 20.5. The van der Waals surface area contributed by atoms with Crippen LogP contribution in [0.15, 0.2) is 48.7 Å². The number of anilines is 1. The van der Waals surface area contributed by atoms with E-state index in [0.29, 0.717) is 17.8 Å². The number of carbonyl (C=O) groups is 1. The molecule has 0 unspecified atom stereocenters. The van der Waals surface area contributed by atoms with E-state index in [-0.39, 0.29) is 6.03 Å². The molecule has 2 aliphatic rings. The molecule has 0 spiro atoms. The van der Waals surface area contributed by atoms with Gasteiger partial charge in [0.25, 0.3) is 0 Å². The minimum atomic E-state index is 0.0440. The molecule has 4 rings (SSSR count). The van der Waals surface area contributed by atoms with Crippen molar-refractivity contribution < 1.29 is 4.79 Å². The second-order valence-corrected chi connectivity index (χ2v) is 6.43. The summed E-state index contributed by atoms with van der Waals surface area (Å²) in [5.74, 6) is 7.60. The molecule has 1 atom stereocenters. The van der Waals surface area contributed by atoms with E-state index in [1.807, 2.05) is 54.4 Å². The Bertz CT molecular complexity index is 800. The van der Waals surface area contributed by atoms with Gasteiger partial charge in [-0.1, -0.05) is 30.0 Å². The van der Waals surface area contributed by atoms with E-state index in [1.54, 1.807) is 11.1 Å². The molecule has 2 fully saturated rings. The lowest BCUT2D eigenvalue weighted by molar-refractivity contribution is 0.214. The molecule has 1 aliphatic heterocycles. The van der Waals surface area contributed by atoms with Gasteiger partial charge in [-0.2, -0.15) is 0 Å². The van der Waals surface area contributed by atoms with Gasteiger partial charge in [0.15, 0.2) is 0 Å². The van der Waals surface area contributed by atoms with Crippen LogP contribution in [-0.2, 0) is 0 Å². The van der Waals surface area contributed by atoms with Gasteiger partial charge in [0.05, 0.1) is 6.04 Å². The van der Waals surface area contributed by atoms with E-state index < -0.39 is 0 Å². The molecule has 0 bridgehead atoms. The number of carbonyl (C=O) groups excluding carboxylic acids is 1. The van der Waals surface area contributed by atoms with Crippen molar-refractivity contribution in [2.75, 3.05) is 18.5 Å². The van der Waals surface area contributed by atoms with E-state index in [2.05, 4.69) is 16.8 Å². The van der Waals surface area contributed by atoms with Crippen molar-refractivity contribution in [1.29, 1.82) is 0 Å². The largest absolute Gasteiger partial charge is 0.325 e. The summed E-state index contributed by atoms with van der Waals surface area (Å²) < 4.78 is 0. The third kappa shape index (κ3) is 2.85. The molecule has 1 aliphatic carbocycles. The molecule has 1 saturated heterocycles. The molecule has 4 nitrogen and oxygen atoms in total. The molecule has 1 saturated carbocycles. The number of urea groups is 1. The third-order valence-electron chi connectivity index (χ3n) is 4.72. The molecule has 0 N–H and O–H groups in total. The first-order valence-electron chi connectivity index (χ1n) is 8.30. The number of rotatable bonds is 2. The highest BCUT2D eigenvalue weighted by atomic mass is 16.2. The molecule has 120 valence electrons. The topological polar surface area (TPSA) is 36.4 Å². The predicted molar refractivity (Wildman–Crippen MR) is 93.7 cm³/mol. The molecule has 24 heavy (non-hydrogen) atoms. The zero-order valence-corrected chi connectivity index (χ0v) is 13.6. The first-order valence-corrected chi connectivity index (χ1v) is 8.30. The zero-order valence-electron chi connectivity index (χ0n) is 13.6. The second-order valence-electron chi connectivity index (χ2n) is 6.43. The van der Waals surface area contributed by atoms with E-state index in [9.17, 15) is 4.79 Å². The van der Waals surface area contributed by atoms with Crippen molar-refractivity contribution in [2.45, 2.75) is 18.9 Å². The Balaban J connectivity index is 1.50. The van der Waals surface area contributed by atoms with Gasteiger partial charge in [0.1, 0.15) is 5.82 Å². The SMILES string of the molecule is CN1C(=O)N(c2ccc(C#Cc3ccccc3)cn2)C[C@@H]1C1CC1. The summed E-state index contributed by atoms with van der Waals surface area (Å²) in [6.07, 6.45) is 4.21. The number of hydrogen-bond donors (Lipinski definition) is 0. The normalized spacial score (nSPS) is 20.0. The summed E-state index contributed by atoms with van der Waals surface area (Å²) in [6, 6.07) is 14.1. The van der Waals surface area contributed by atoms with Gasteiger partial charge in [-0.15, -0.1) is 0 Å². The van der Waals surface area contributed by atoms with Crippen molar-refractivity contribution in [1.82, 2.24) is 9.88 Å². The quantitative estimate of drug-likeness (QED) is 0.798. The van der Waals surface area contributed by atoms with Crippen molar-refractivity contribution in [3.05, 3.63) is 59.8 Å². The molecule has 4 heteroatoms. The lowest BCUT2D eigenvalue weighted by atomic mass is 10.2. The summed E-state index contributed by atoms with van der Waals surface area (Å²) in [5, 5.41) is 0. The van der Waals surface area contributed by atoms with Crippen molar-refractivity contribution >= 4 is 11.8 Å². The smallest absolute Gasteiger partial charge is 0.322 e. The maximum absolute atomic E-state index is 12.4. The highest BCUT2D eigenvalue weighted by Crippen LogP contribution is 2.38. The van der Waals surface area contributed by atoms with Crippen LogP contribution < -0.4 is 4.90 Å². The summed E-state index contributed by atoms with van der Waals surface area (Å²) in [6.45, 7) is 0.738. The van der Waals surface area contributed by atoms with Gasteiger partial charge in [-0.05, 0) is 43.0 Å². The minimum Gasteiger partial charge on any atom is -0.322 e. The fourth-order valence-corrected chi connectivity index (χ4v) is 3.14. The Kier molecular flexibility index (Phi) is 3.70. The molecular formula is C20H19N3O. The van der Waals surface area contributed by atoms with Crippen LogP contribution in [-0.4, -0.2) is 35.5 Å². The van der Waals surface area contributed by atoms with Crippen LogP contribution in [0, 0.1) is 17.8 Å². The van der Waals surface area contributed by atoms with Crippen LogP contribution in [0.4, 0.5) is 10.6 Å². The molecule has 2 amide bonds. The lowest BCUT2D eigenvalue weighted by Crippen LogP contribution is -2.32. The van der Waals surface area contributed by atoms with Gasteiger partial charge in [-0.25, -0.2) is 9.78 Å². The predicted octanol–water partition coefficient (Wildman–Crippen LogP) is 3.13. The fraction of sp³-hybridized carbons (Fsp3) is 0.300. The molecule has 1 aromatic carbocycles. The molecule has 2 aromatic rings. The average molecular weight is 317 g/mol. The van der Waals surface area contributed by atoms with Gasteiger partial charge >= 0.3 is 6.03 Å². The van der Waals surface area contributed by atoms with Crippen LogP contribution >= 0.6 is 0 Å². The number of nitrogens with zero attached hydrogens (tertiary/aromatic N) is 3. The number of likely N-dealkylation sites (N-methyl/N-ethyl adjacent to an activating group) is 1. The first kappa shape index (κ1) is 14.8. The van der Waals surface area contributed by atoms with Gasteiger partial charge in [-0.3, -0.25) is 4.90 Å². The Hall–Kier alpha value is -2.80. The van der Waals surface area contributed by atoms with Crippen LogP contribution in [0.3, 0.4) is 0 Å². The fourth-order valence-electron chi connectivity index (χ4n) is 3.14. The van der Waals surface area contributed by atoms with Crippen LogP contribution in [0.2, 0.25) is 0 Å².